The average Bonchev–Trinajstić information content (AvgIpc) is 2.48. The molecule has 1 heterocycles. The number of benzene rings is 1. The molecule has 3 nitrogen and oxygen atoms in total. The SMILES string of the molecule is CCCC1(C(=O)Nc2cccc(SC)c2)CCNCC1. The van der Waals surface area contributed by atoms with E-state index >= 15 is 0 Å². The third kappa shape index (κ3) is 3.55. The second-order valence-electron chi connectivity index (χ2n) is 5.47. The molecule has 2 N–H and O–H groups in total. The smallest absolute Gasteiger partial charge is 0.230 e. The van der Waals surface area contributed by atoms with Gasteiger partial charge in [-0.25, -0.2) is 0 Å². The molecular weight excluding hydrogens is 268 g/mol. The predicted octanol–water partition coefficient (Wildman–Crippen LogP) is 3.52. The fourth-order valence-corrected chi connectivity index (χ4v) is 3.40. The van der Waals surface area contributed by atoms with E-state index in [1.54, 1.807) is 11.8 Å². The first-order valence-electron chi connectivity index (χ1n) is 7.36. The minimum atomic E-state index is -0.185. The summed E-state index contributed by atoms with van der Waals surface area (Å²) in [5, 5.41) is 6.48. The number of nitrogens with one attached hydrogen (secondary N) is 2. The molecule has 1 amide bonds. The summed E-state index contributed by atoms with van der Waals surface area (Å²) in [7, 11) is 0. The maximum Gasteiger partial charge on any atom is 0.230 e. The molecule has 0 unspecified atom stereocenters. The lowest BCUT2D eigenvalue weighted by Crippen LogP contribution is -2.44. The highest BCUT2D eigenvalue weighted by Gasteiger charge is 2.38. The molecule has 0 spiro atoms. The molecule has 1 aliphatic rings. The summed E-state index contributed by atoms with van der Waals surface area (Å²) in [6.45, 7) is 4.04. The van der Waals surface area contributed by atoms with Gasteiger partial charge in [0.25, 0.3) is 0 Å². The molecule has 0 aliphatic carbocycles. The molecule has 0 atom stereocenters. The number of carbonyl (C=O) groups excluding carboxylic acids is 1. The van der Waals surface area contributed by atoms with E-state index in [2.05, 4.69) is 23.6 Å². The summed E-state index contributed by atoms with van der Waals surface area (Å²) in [6, 6.07) is 8.07. The molecule has 1 aromatic carbocycles. The van der Waals surface area contributed by atoms with Gasteiger partial charge in [0.05, 0.1) is 5.41 Å². The van der Waals surface area contributed by atoms with Crippen molar-refractivity contribution in [1.29, 1.82) is 0 Å². The number of rotatable bonds is 5. The van der Waals surface area contributed by atoms with Gasteiger partial charge in [0.2, 0.25) is 5.91 Å². The van der Waals surface area contributed by atoms with Gasteiger partial charge in [0.1, 0.15) is 0 Å². The van der Waals surface area contributed by atoms with Gasteiger partial charge in [0.15, 0.2) is 0 Å². The molecule has 0 radical (unpaired) electrons. The Labute approximate surface area is 125 Å². The van der Waals surface area contributed by atoms with Gasteiger partial charge >= 0.3 is 0 Å². The van der Waals surface area contributed by atoms with Crippen LogP contribution in [0.15, 0.2) is 29.2 Å². The largest absolute Gasteiger partial charge is 0.326 e. The van der Waals surface area contributed by atoms with Gasteiger partial charge in [-0.15, -0.1) is 11.8 Å². The maximum absolute atomic E-state index is 12.7. The molecule has 0 aromatic heterocycles. The highest BCUT2D eigenvalue weighted by molar-refractivity contribution is 7.98. The summed E-state index contributed by atoms with van der Waals surface area (Å²) < 4.78 is 0. The molecule has 0 bridgehead atoms. The third-order valence-electron chi connectivity index (χ3n) is 4.10. The molecule has 1 fully saturated rings. The van der Waals surface area contributed by atoms with Crippen molar-refractivity contribution in [2.75, 3.05) is 24.7 Å². The normalized spacial score (nSPS) is 17.7. The lowest BCUT2D eigenvalue weighted by atomic mass is 9.74. The lowest BCUT2D eigenvalue weighted by Gasteiger charge is -2.36. The number of amides is 1. The van der Waals surface area contributed by atoms with Crippen LogP contribution < -0.4 is 10.6 Å². The van der Waals surface area contributed by atoms with E-state index < -0.39 is 0 Å². The first-order valence-corrected chi connectivity index (χ1v) is 8.59. The molecule has 110 valence electrons. The van der Waals surface area contributed by atoms with Crippen molar-refractivity contribution >= 4 is 23.4 Å². The van der Waals surface area contributed by atoms with Gasteiger partial charge in [-0.05, 0) is 56.8 Å². The zero-order valence-corrected chi connectivity index (χ0v) is 13.2. The zero-order valence-electron chi connectivity index (χ0n) is 12.4. The summed E-state index contributed by atoms with van der Waals surface area (Å²) in [5.41, 5.74) is 0.728. The number of piperidine rings is 1. The van der Waals surface area contributed by atoms with Gasteiger partial charge < -0.3 is 10.6 Å². The summed E-state index contributed by atoms with van der Waals surface area (Å²) in [6.07, 6.45) is 5.96. The standard InChI is InChI=1S/C16H24N2OS/c1-3-7-16(8-10-17-11-9-16)15(19)18-13-5-4-6-14(12-13)20-2/h4-6,12,17H,3,7-11H2,1-2H3,(H,18,19). The molecule has 1 aromatic rings. The van der Waals surface area contributed by atoms with Crippen LogP contribution in [0.25, 0.3) is 0 Å². The van der Waals surface area contributed by atoms with Crippen LogP contribution in [0.1, 0.15) is 32.6 Å². The molecule has 1 aliphatic heterocycles. The number of hydrogen-bond acceptors (Lipinski definition) is 3. The minimum Gasteiger partial charge on any atom is -0.326 e. The van der Waals surface area contributed by atoms with Crippen molar-refractivity contribution in [2.45, 2.75) is 37.5 Å². The van der Waals surface area contributed by atoms with Gasteiger partial charge in [0, 0.05) is 10.6 Å². The van der Waals surface area contributed by atoms with Crippen molar-refractivity contribution in [3.63, 3.8) is 0 Å². The second-order valence-corrected chi connectivity index (χ2v) is 6.35. The lowest BCUT2D eigenvalue weighted by molar-refractivity contribution is -0.127. The fourth-order valence-electron chi connectivity index (χ4n) is 2.94. The number of hydrogen-bond donors (Lipinski definition) is 2. The maximum atomic E-state index is 12.7. The van der Waals surface area contributed by atoms with E-state index in [0.29, 0.717) is 0 Å². The first kappa shape index (κ1) is 15.4. The van der Waals surface area contributed by atoms with Crippen LogP contribution in [0.2, 0.25) is 0 Å². The summed E-state index contributed by atoms with van der Waals surface area (Å²) in [5.74, 6) is 0.194. The number of thioether (sulfide) groups is 1. The Morgan fingerprint density at radius 1 is 1.40 bits per heavy atom. The van der Waals surface area contributed by atoms with E-state index in [-0.39, 0.29) is 11.3 Å². The van der Waals surface area contributed by atoms with Crippen molar-refractivity contribution < 1.29 is 4.79 Å². The van der Waals surface area contributed by atoms with Crippen molar-refractivity contribution in [2.24, 2.45) is 5.41 Å². The fraction of sp³-hybridized carbons (Fsp3) is 0.562. The molecular formula is C16H24N2OS. The average molecular weight is 292 g/mol. The van der Waals surface area contributed by atoms with Crippen molar-refractivity contribution in [3.05, 3.63) is 24.3 Å². The van der Waals surface area contributed by atoms with Crippen LogP contribution >= 0.6 is 11.8 Å². The van der Waals surface area contributed by atoms with Gasteiger partial charge in [-0.1, -0.05) is 19.4 Å². The van der Waals surface area contributed by atoms with E-state index in [1.807, 2.05) is 24.5 Å². The third-order valence-corrected chi connectivity index (χ3v) is 4.82. The Kier molecular flexibility index (Phi) is 5.49. The molecule has 4 heteroatoms. The van der Waals surface area contributed by atoms with E-state index in [1.165, 1.54) is 4.90 Å². The van der Waals surface area contributed by atoms with Crippen LogP contribution in [0.5, 0.6) is 0 Å². The first-order chi connectivity index (χ1) is 9.70. The Morgan fingerprint density at radius 2 is 2.15 bits per heavy atom. The second kappa shape index (κ2) is 7.14. The van der Waals surface area contributed by atoms with E-state index in [0.717, 1.165) is 44.5 Å². The number of anilines is 1. The monoisotopic (exact) mass is 292 g/mol. The van der Waals surface area contributed by atoms with Crippen molar-refractivity contribution in [3.8, 4) is 0 Å². The highest BCUT2D eigenvalue weighted by Crippen LogP contribution is 2.35. The van der Waals surface area contributed by atoms with Crippen LogP contribution in [0.3, 0.4) is 0 Å². The Balaban J connectivity index is 2.11. The van der Waals surface area contributed by atoms with Crippen LogP contribution in [-0.4, -0.2) is 25.3 Å². The zero-order chi connectivity index (χ0) is 14.4. The highest BCUT2D eigenvalue weighted by atomic mass is 32.2. The van der Waals surface area contributed by atoms with Crippen molar-refractivity contribution in [1.82, 2.24) is 5.32 Å². The van der Waals surface area contributed by atoms with Crippen LogP contribution in [0, 0.1) is 5.41 Å². The molecule has 2 rings (SSSR count). The van der Waals surface area contributed by atoms with Crippen LogP contribution in [-0.2, 0) is 4.79 Å². The van der Waals surface area contributed by atoms with Gasteiger partial charge in [-0.2, -0.15) is 0 Å². The molecule has 1 saturated heterocycles. The predicted molar refractivity (Wildman–Crippen MR) is 86.3 cm³/mol. The Bertz CT molecular complexity index is 450. The van der Waals surface area contributed by atoms with E-state index in [4.69, 9.17) is 0 Å². The quantitative estimate of drug-likeness (QED) is 0.816. The van der Waals surface area contributed by atoms with Crippen LogP contribution in [0.4, 0.5) is 5.69 Å². The van der Waals surface area contributed by atoms with Gasteiger partial charge in [-0.3, -0.25) is 4.79 Å². The summed E-state index contributed by atoms with van der Waals surface area (Å²) in [4.78, 5) is 13.9. The Morgan fingerprint density at radius 3 is 2.80 bits per heavy atom. The topological polar surface area (TPSA) is 41.1 Å². The molecule has 20 heavy (non-hydrogen) atoms. The summed E-state index contributed by atoms with van der Waals surface area (Å²) >= 11 is 1.69. The molecule has 0 saturated carbocycles. The number of carbonyl (C=O) groups is 1. The minimum absolute atomic E-state index is 0.185. The van der Waals surface area contributed by atoms with E-state index in [9.17, 15) is 4.79 Å². The Hall–Kier alpha value is -1.00.